The van der Waals surface area contributed by atoms with Crippen LogP contribution in [-0.2, 0) is 4.74 Å². The second-order valence-electron chi connectivity index (χ2n) is 5.08. The second-order valence-corrected chi connectivity index (χ2v) is 5.08. The number of hydrogen-bond donors (Lipinski definition) is 0. The molecule has 0 aromatic heterocycles. The molecule has 0 N–H and O–H groups in total. The zero-order chi connectivity index (χ0) is 12.4. The van der Waals surface area contributed by atoms with Crippen LogP contribution in [0.2, 0.25) is 0 Å². The van der Waals surface area contributed by atoms with Gasteiger partial charge in [-0.3, -0.25) is 0 Å². The molecule has 3 atom stereocenters. The monoisotopic (exact) mass is 238 g/mol. The van der Waals surface area contributed by atoms with Crippen molar-refractivity contribution in [1.82, 2.24) is 0 Å². The van der Waals surface area contributed by atoms with E-state index in [2.05, 4.69) is 67.6 Å². The molecular weight excluding hydrogens is 220 g/mol. The van der Waals surface area contributed by atoms with E-state index in [1.807, 2.05) is 0 Å². The van der Waals surface area contributed by atoms with Gasteiger partial charge >= 0.3 is 0 Å². The van der Waals surface area contributed by atoms with Crippen molar-refractivity contribution in [1.29, 1.82) is 0 Å². The van der Waals surface area contributed by atoms with Crippen molar-refractivity contribution < 1.29 is 4.74 Å². The molecule has 0 unspecified atom stereocenters. The van der Waals surface area contributed by atoms with Gasteiger partial charge in [-0.2, -0.15) is 0 Å². The Bertz CT molecular complexity index is 492. The third-order valence-corrected chi connectivity index (χ3v) is 3.79. The van der Waals surface area contributed by atoms with Gasteiger partial charge in [-0.1, -0.05) is 67.6 Å². The summed E-state index contributed by atoms with van der Waals surface area (Å²) < 4.78 is 6.02. The van der Waals surface area contributed by atoms with Gasteiger partial charge in [0.25, 0.3) is 0 Å². The van der Waals surface area contributed by atoms with Gasteiger partial charge in [-0.15, -0.1) is 0 Å². The van der Waals surface area contributed by atoms with Crippen molar-refractivity contribution in [2.75, 3.05) is 6.61 Å². The molecule has 1 nitrogen and oxygen atoms in total. The zero-order valence-corrected chi connectivity index (χ0v) is 10.6. The average molecular weight is 238 g/mol. The summed E-state index contributed by atoms with van der Waals surface area (Å²) in [5, 5.41) is 0. The van der Waals surface area contributed by atoms with Crippen LogP contribution in [0.4, 0.5) is 0 Å². The topological polar surface area (TPSA) is 9.23 Å². The summed E-state index contributed by atoms with van der Waals surface area (Å²) in [5.74, 6) is 1.03. The molecule has 18 heavy (non-hydrogen) atoms. The highest BCUT2D eigenvalue weighted by atomic mass is 16.5. The Morgan fingerprint density at radius 1 is 0.833 bits per heavy atom. The summed E-state index contributed by atoms with van der Waals surface area (Å²) >= 11 is 0. The van der Waals surface area contributed by atoms with E-state index in [0.717, 1.165) is 6.61 Å². The lowest BCUT2D eigenvalue weighted by Crippen LogP contribution is -2.10. The second kappa shape index (κ2) is 4.95. The summed E-state index contributed by atoms with van der Waals surface area (Å²) in [7, 11) is 0. The smallest absolute Gasteiger partial charge is 0.0896 e. The first-order valence-electron chi connectivity index (χ1n) is 6.58. The fourth-order valence-electron chi connectivity index (χ4n) is 2.89. The molecule has 2 aromatic carbocycles. The summed E-state index contributed by atoms with van der Waals surface area (Å²) in [5.41, 5.74) is 2.67. The minimum absolute atomic E-state index is 0.198. The van der Waals surface area contributed by atoms with Gasteiger partial charge in [0.1, 0.15) is 0 Å². The molecule has 92 valence electrons. The molecule has 0 spiro atoms. The van der Waals surface area contributed by atoms with Gasteiger partial charge < -0.3 is 4.74 Å². The van der Waals surface area contributed by atoms with Gasteiger partial charge in [-0.05, 0) is 17.0 Å². The summed E-state index contributed by atoms with van der Waals surface area (Å²) in [6.07, 6.45) is 0.198. The first-order chi connectivity index (χ1) is 8.86. The lowest BCUT2D eigenvalue weighted by atomic mass is 9.83. The van der Waals surface area contributed by atoms with Gasteiger partial charge in [-0.25, -0.2) is 0 Å². The number of benzene rings is 2. The van der Waals surface area contributed by atoms with E-state index in [-0.39, 0.29) is 6.10 Å². The van der Waals surface area contributed by atoms with E-state index < -0.39 is 0 Å². The summed E-state index contributed by atoms with van der Waals surface area (Å²) in [6.45, 7) is 3.12. The predicted molar refractivity (Wildman–Crippen MR) is 73.5 cm³/mol. The van der Waals surface area contributed by atoms with E-state index in [0.29, 0.717) is 11.8 Å². The van der Waals surface area contributed by atoms with Crippen LogP contribution in [0.25, 0.3) is 0 Å². The number of hydrogen-bond acceptors (Lipinski definition) is 1. The minimum Gasteiger partial charge on any atom is -0.373 e. The third-order valence-electron chi connectivity index (χ3n) is 3.79. The van der Waals surface area contributed by atoms with Gasteiger partial charge in [0.15, 0.2) is 0 Å². The minimum atomic E-state index is 0.198. The Morgan fingerprint density at radius 2 is 1.39 bits per heavy atom. The quantitative estimate of drug-likeness (QED) is 0.762. The Labute approximate surface area is 108 Å². The molecule has 1 heteroatoms. The van der Waals surface area contributed by atoms with Crippen molar-refractivity contribution in [3.8, 4) is 0 Å². The molecule has 1 aliphatic heterocycles. The molecule has 0 aliphatic carbocycles. The fourth-order valence-corrected chi connectivity index (χ4v) is 2.89. The maximum absolute atomic E-state index is 6.02. The number of ether oxygens (including phenoxy) is 1. The molecule has 2 aromatic rings. The number of rotatable bonds is 2. The normalized spacial score (nSPS) is 27.3. The average Bonchev–Trinajstić information content (AvgIpc) is 2.83. The zero-order valence-electron chi connectivity index (χ0n) is 10.6. The van der Waals surface area contributed by atoms with E-state index in [9.17, 15) is 0 Å². The maximum Gasteiger partial charge on any atom is 0.0896 e. The summed E-state index contributed by atoms with van der Waals surface area (Å²) in [6, 6.07) is 21.3. The molecule has 1 saturated heterocycles. The van der Waals surface area contributed by atoms with Gasteiger partial charge in [0.2, 0.25) is 0 Å². The van der Waals surface area contributed by atoms with Crippen LogP contribution in [0.15, 0.2) is 60.7 Å². The Balaban J connectivity index is 1.96. The van der Waals surface area contributed by atoms with E-state index in [1.54, 1.807) is 0 Å². The van der Waals surface area contributed by atoms with Crippen molar-refractivity contribution in [2.45, 2.75) is 18.9 Å². The molecule has 0 radical (unpaired) electrons. The van der Waals surface area contributed by atoms with E-state index in [1.165, 1.54) is 11.1 Å². The molecule has 1 aliphatic rings. The highest BCUT2D eigenvalue weighted by molar-refractivity contribution is 5.28. The standard InChI is InChI=1S/C17H18O/c1-13-12-18-17(15-10-6-3-7-11-15)16(13)14-8-4-2-5-9-14/h2-11,13,16-17H,12H2,1H3/t13-,16+,17+/m0/s1. The SMILES string of the molecule is C[C@H]1CO[C@H](c2ccccc2)[C@H]1c1ccccc1. The van der Waals surface area contributed by atoms with Gasteiger partial charge in [0.05, 0.1) is 12.7 Å². The molecular formula is C17H18O. The lowest BCUT2D eigenvalue weighted by molar-refractivity contribution is 0.102. The van der Waals surface area contributed by atoms with Crippen molar-refractivity contribution >= 4 is 0 Å². The predicted octanol–water partition coefficient (Wildman–Crippen LogP) is 4.18. The maximum atomic E-state index is 6.02. The van der Waals surface area contributed by atoms with Crippen LogP contribution < -0.4 is 0 Å². The Morgan fingerprint density at radius 3 is 2.00 bits per heavy atom. The molecule has 1 heterocycles. The Kier molecular flexibility index (Phi) is 3.16. The van der Waals surface area contributed by atoms with Crippen molar-refractivity contribution in [3.05, 3.63) is 71.8 Å². The largest absolute Gasteiger partial charge is 0.373 e. The Hall–Kier alpha value is -1.60. The molecule has 0 amide bonds. The first-order valence-corrected chi connectivity index (χ1v) is 6.58. The van der Waals surface area contributed by atoms with Crippen LogP contribution in [0.5, 0.6) is 0 Å². The van der Waals surface area contributed by atoms with Crippen LogP contribution >= 0.6 is 0 Å². The van der Waals surface area contributed by atoms with Crippen LogP contribution in [0, 0.1) is 5.92 Å². The van der Waals surface area contributed by atoms with Crippen LogP contribution in [0.1, 0.15) is 30.1 Å². The van der Waals surface area contributed by atoms with Crippen molar-refractivity contribution in [3.63, 3.8) is 0 Å². The highest BCUT2D eigenvalue weighted by Gasteiger charge is 2.36. The summed E-state index contributed by atoms with van der Waals surface area (Å²) in [4.78, 5) is 0. The molecule has 0 saturated carbocycles. The van der Waals surface area contributed by atoms with Gasteiger partial charge in [0, 0.05) is 5.92 Å². The van der Waals surface area contributed by atoms with Crippen molar-refractivity contribution in [2.24, 2.45) is 5.92 Å². The van der Waals surface area contributed by atoms with Crippen LogP contribution in [-0.4, -0.2) is 6.61 Å². The van der Waals surface area contributed by atoms with E-state index >= 15 is 0 Å². The lowest BCUT2D eigenvalue weighted by Gasteiger charge is -2.21. The van der Waals surface area contributed by atoms with Crippen LogP contribution in [0.3, 0.4) is 0 Å². The third kappa shape index (κ3) is 2.06. The molecule has 0 bridgehead atoms. The fraction of sp³-hybridized carbons (Fsp3) is 0.294. The molecule has 1 fully saturated rings. The highest BCUT2D eigenvalue weighted by Crippen LogP contribution is 2.44. The molecule has 3 rings (SSSR count). The van der Waals surface area contributed by atoms with E-state index in [4.69, 9.17) is 4.74 Å². The first kappa shape index (κ1) is 11.5.